The summed E-state index contributed by atoms with van der Waals surface area (Å²) in [4.78, 5) is 0. The van der Waals surface area contributed by atoms with E-state index in [9.17, 15) is 8.42 Å². The van der Waals surface area contributed by atoms with E-state index in [4.69, 9.17) is 5.73 Å². The Hall–Kier alpha value is -0.0900. The highest BCUT2D eigenvalue weighted by Gasteiger charge is 2.14. The highest BCUT2D eigenvalue weighted by molar-refractivity contribution is 7.91. The van der Waals surface area contributed by atoms with E-state index in [0.29, 0.717) is 12.3 Å². The normalized spacial score (nSPS) is 14.1. The summed E-state index contributed by atoms with van der Waals surface area (Å²) >= 11 is 0. The topological polar surface area (TPSA) is 60.2 Å². The maximum Gasteiger partial charge on any atom is 0.150 e. The highest BCUT2D eigenvalue weighted by atomic mass is 32.2. The van der Waals surface area contributed by atoms with Crippen LogP contribution in [0.1, 0.15) is 46.0 Å². The summed E-state index contributed by atoms with van der Waals surface area (Å²) in [6.07, 6.45) is 5.39. The fourth-order valence-electron chi connectivity index (χ4n) is 1.51. The van der Waals surface area contributed by atoms with Crippen molar-refractivity contribution < 1.29 is 8.42 Å². The lowest BCUT2D eigenvalue weighted by atomic mass is 10.2. The first kappa shape index (κ1) is 14.9. The van der Waals surface area contributed by atoms with Crippen LogP contribution in [0, 0.1) is 5.92 Å². The zero-order valence-corrected chi connectivity index (χ0v) is 10.9. The number of unbranched alkanes of at least 4 members (excludes halogenated alkanes) is 4. The molecule has 0 bridgehead atoms. The quantitative estimate of drug-likeness (QED) is 0.622. The van der Waals surface area contributed by atoms with Crippen molar-refractivity contribution in [3.63, 3.8) is 0 Å². The fraction of sp³-hybridized carbons (Fsp3) is 1.00. The van der Waals surface area contributed by atoms with E-state index in [0.717, 1.165) is 19.3 Å². The molecule has 0 amide bonds. The number of nitrogens with two attached hydrogens (primary N) is 1. The van der Waals surface area contributed by atoms with Gasteiger partial charge < -0.3 is 5.73 Å². The molecular formula is C11H25NO2S. The molecule has 4 heteroatoms. The van der Waals surface area contributed by atoms with Crippen LogP contribution in [0.5, 0.6) is 0 Å². The van der Waals surface area contributed by atoms with Gasteiger partial charge in [0, 0.05) is 0 Å². The lowest BCUT2D eigenvalue weighted by Gasteiger charge is -2.09. The molecule has 92 valence electrons. The molecule has 0 aliphatic rings. The summed E-state index contributed by atoms with van der Waals surface area (Å²) in [6.45, 7) is 4.49. The van der Waals surface area contributed by atoms with Gasteiger partial charge in [0.15, 0.2) is 9.84 Å². The van der Waals surface area contributed by atoms with Crippen LogP contribution in [-0.4, -0.2) is 26.5 Å². The first-order valence-electron chi connectivity index (χ1n) is 5.92. The third-order valence-corrected chi connectivity index (χ3v) is 4.49. The van der Waals surface area contributed by atoms with Crippen molar-refractivity contribution >= 4 is 9.84 Å². The van der Waals surface area contributed by atoms with Crippen LogP contribution in [0.25, 0.3) is 0 Å². The van der Waals surface area contributed by atoms with Gasteiger partial charge >= 0.3 is 0 Å². The zero-order valence-electron chi connectivity index (χ0n) is 10.0. The molecule has 0 aromatic rings. The second kappa shape index (κ2) is 8.11. The molecule has 0 saturated carbocycles. The second-order valence-corrected chi connectivity index (χ2v) is 6.60. The lowest BCUT2D eigenvalue weighted by molar-refractivity contribution is 0.567. The van der Waals surface area contributed by atoms with Crippen molar-refractivity contribution in [3.05, 3.63) is 0 Å². The van der Waals surface area contributed by atoms with E-state index in [1.165, 1.54) is 12.8 Å². The predicted molar refractivity (Wildman–Crippen MR) is 65.6 cm³/mol. The summed E-state index contributed by atoms with van der Waals surface area (Å²) < 4.78 is 23.2. The van der Waals surface area contributed by atoms with E-state index in [1.54, 1.807) is 0 Å². The molecule has 1 atom stereocenters. The van der Waals surface area contributed by atoms with Crippen LogP contribution in [0.15, 0.2) is 0 Å². The van der Waals surface area contributed by atoms with Gasteiger partial charge in [0.25, 0.3) is 0 Å². The Morgan fingerprint density at radius 2 is 1.73 bits per heavy atom. The molecule has 0 rings (SSSR count). The standard InChI is InChI=1S/C11H25NO2S/c1-3-4-5-6-7-8-15(13,14)10-11(2)9-12/h11H,3-10,12H2,1-2H3. The molecule has 0 spiro atoms. The maximum atomic E-state index is 11.6. The van der Waals surface area contributed by atoms with Crippen molar-refractivity contribution in [1.82, 2.24) is 0 Å². The minimum Gasteiger partial charge on any atom is -0.330 e. The molecule has 1 unspecified atom stereocenters. The number of hydrogen-bond donors (Lipinski definition) is 1. The molecule has 0 aromatic carbocycles. The van der Waals surface area contributed by atoms with E-state index >= 15 is 0 Å². The summed E-state index contributed by atoms with van der Waals surface area (Å²) in [5.74, 6) is 0.670. The van der Waals surface area contributed by atoms with Crippen molar-refractivity contribution in [2.75, 3.05) is 18.1 Å². The molecule has 0 fully saturated rings. The molecule has 0 radical (unpaired) electrons. The highest BCUT2D eigenvalue weighted by Crippen LogP contribution is 2.07. The van der Waals surface area contributed by atoms with Gasteiger partial charge in [-0.25, -0.2) is 8.42 Å². The maximum absolute atomic E-state index is 11.6. The van der Waals surface area contributed by atoms with Gasteiger partial charge in [-0.05, 0) is 18.9 Å². The fourth-order valence-corrected chi connectivity index (χ4v) is 3.32. The van der Waals surface area contributed by atoms with Crippen molar-refractivity contribution in [2.45, 2.75) is 46.0 Å². The van der Waals surface area contributed by atoms with Crippen LogP contribution in [-0.2, 0) is 9.84 Å². The van der Waals surface area contributed by atoms with Crippen molar-refractivity contribution in [3.8, 4) is 0 Å². The predicted octanol–water partition coefficient (Wildman–Crippen LogP) is 1.97. The Morgan fingerprint density at radius 3 is 2.27 bits per heavy atom. The van der Waals surface area contributed by atoms with E-state index < -0.39 is 9.84 Å². The molecule has 0 aliphatic heterocycles. The third-order valence-electron chi connectivity index (χ3n) is 2.50. The van der Waals surface area contributed by atoms with Crippen LogP contribution in [0.3, 0.4) is 0 Å². The van der Waals surface area contributed by atoms with Gasteiger partial charge in [-0.1, -0.05) is 39.5 Å². The monoisotopic (exact) mass is 235 g/mol. The molecular weight excluding hydrogens is 210 g/mol. The van der Waals surface area contributed by atoms with Crippen LogP contribution >= 0.6 is 0 Å². The van der Waals surface area contributed by atoms with Gasteiger partial charge in [0.05, 0.1) is 11.5 Å². The molecule has 0 aromatic heterocycles. The Kier molecular flexibility index (Phi) is 8.06. The molecule has 0 saturated heterocycles. The van der Waals surface area contributed by atoms with E-state index in [-0.39, 0.29) is 11.7 Å². The molecule has 3 nitrogen and oxygen atoms in total. The average molecular weight is 235 g/mol. The number of rotatable bonds is 9. The van der Waals surface area contributed by atoms with Gasteiger partial charge in [-0.15, -0.1) is 0 Å². The smallest absolute Gasteiger partial charge is 0.150 e. The summed E-state index contributed by atoms with van der Waals surface area (Å²) in [5, 5.41) is 0. The summed E-state index contributed by atoms with van der Waals surface area (Å²) in [5.41, 5.74) is 5.41. The second-order valence-electron chi connectivity index (χ2n) is 4.37. The largest absolute Gasteiger partial charge is 0.330 e. The molecule has 0 heterocycles. The first-order chi connectivity index (χ1) is 7.02. The Morgan fingerprint density at radius 1 is 1.13 bits per heavy atom. The van der Waals surface area contributed by atoms with E-state index in [2.05, 4.69) is 6.92 Å². The van der Waals surface area contributed by atoms with Gasteiger partial charge in [0.2, 0.25) is 0 Å². The molecule has 0 aliphatic carbocycles. The van der Waals surface area contributed by atoms with Gasteiger partial charge in [-0.2, -0.15) is 0 Å². The Bertz CT molecular complexity index is 237. The minimum absolute atomic E-state index is 0.0886. The number of hydrogen-bond acceptors (Lipinski definition) is 3. The van der Waals surface area contributed by atoms with Crippen LogP contribution in [0.2, 0.25) is 0 Å². The Labute approximate surface area is 94.4 Å². The average Bonchev–Trinajstić information content (AvgIpc) is 2.16. The van der Waals surface area contributed by atoms with Crippen molar-refractivity contribution in [1.29, 1.82) is 0 Å². The van der Waals surface area contributed by atoms with Crippen molar-refractivity contribution in [2.24, 2.45) is 11.7 Å². The van der Waals surface area contributed by atoms with Crippen LogP contribution < -0.4 is 5.73 Å². The van der Waals surface area contributed by atoms with E-state index in [1.807, 2.05) is 6.92 Å². The zero-order chi connectivity index (χ0) is 11.7. The van der Waals surface area contributed by atoms with Crippen LogP contribution in [0.4, 0.5) is 0 Å². The first-order valence-corrected chi connectivity index (χ1v) is 7.74. The lowest BCUT2D eigenvalue weighted by Crippen LogP contribution is -2.22. The summed E-state index contributed by atoms with van der Waals surface area (Å²) in [7, 11) is -2.86. The number of sulfone groups is 1. The summed E-state index contributed by atoms with van der Waals surface area (Å²) in [6, 6.07) is 0. The third kappa shape index (κ3) is 8.88. The minimum atomic E-state index is -2.86. The van der Waals surface area contributed by atoms with Gasteiger partial charge in [-0.3, -0.25) is 0 Å². The SMILES string of the molecule is CCCCCCCS(=O)(=O)CC(C)CN. The Balaban J connectivity index is 3.65. The molecule has 2 N–H and O–H groups in total. The van der Waals surface area contributed by atoms with Gasteiger partial charge in [0.1, 0.15) is 0 Å². The molecule has 15 heavy (non-hydrogen) atoms.